The van der Waals surface area contributed by atoms with Crippen LogP contribution in [-0.2, 0) is 22.4 Å². The van der Waals surface area contributed by atoms with Gasteiger partial charge in [0, 0.05) is 35.7 Å². The summed E-state index contributed by atoms with van der Waals surface area (Å²) < 4.78 is 5.19. The standard InChI is InChI=1S/C29H42N4O5S/c1-28-11-10-23(35)29(2,17-34)22(28)16-21-26(20(28)15-24(36)30-12-13-33(3)4)32-27(39-21)31-25(37)14-18-6-8-19(38-5)9-7-18/h6-9,20,22-23,34-35H,10-17H2,1-5H3,(H,30,36)(H,31,32,37). The number of methoxy groups -OCH3 is 1. The molecule has 1 aromatic heterocycles. The number of carbonyl (C=O) groups excluding carboxylic acids is 2. The maximum Gasteiger partial charge on any atom is 0.230 e. The number of aromatic nitrogens is 1. The minimum atomic E-state index is -0.688. The Hall–Kier alpha value is -2.53. The first kappa shape index (κ1) is 29.5. The quantitative estimate of drug-likeness (QED) is 0.354. The number of aliphatic hydroxyl groups is 2. The van der Waals surface area contributed by atoms with E-state index in [1.165, 1.54) is 11.3 Å². The Morgan fingerprint density at radius 2 is 1.92 bits per heavy atom. The Morgan fingerprint density at radius 3 is 2.56 bits per heavy atom. The number of aliphatic hydroxyl groups excluding tert-OH is 2. The van der Waals surface area contributed by atoms with Crippen molar-refractivity contribution in [2.24, 2.45) is 16.7 Å². The van der Waals surface area contributed by atoms with E-state index in [9.17, 15) is 19.8 Å². The molecule has 0 saturated heterocycles. The van der Waals surface area contributed by atoms with Crippen molar-refractivity contribution < 1.29 is 24.5 Å². The highest BCUT2D eigenvalue weighted by Crippen LogP contribution is 2.62. The first-order valence-electron chi connectivity index (χ1n) is 13.6. The number of nitrogens with one attached hydrogen (secondary N) is 2. The van der Waals surface area contributed by atoms with Crippen LogP contribution in [0.3, 0.4) is 0 Å². The predicted octanol–water partition coefficient (Wildman–Crippen LogP) is 2.82. The Balaban J connectivity index is 1.59. The van der Waals surface area contributed by atoms with Gasteiger partial charge in [-0.05, 0) is 62.4 Å². The maximum absolute atomic E-state index is 13.1. The van der Waals surface area contributed by atoms with E-state index in [2.05, 4.69) is 17.6 Å². The first-order valence-corrected chi connectivity index (χ1v) is 14.4. The van der Waals surface area contributed by atoms with E-state index in [0.717, 1.165) is 34.8 Å². The normalized spacial score (nSPS) is 27.9. The number of amides is 2. The van der Waals surface area contributed by atoms with Gasteiger partial charge >= 0.3 is 0 Å². The minimum Gasteiger partial charge on any atom is -0.497 e. The average Bonchev–Trinajstić information content (AvgIpc) is 3.29. The van der Waals surface area contributed by atoms with Gasteiger partial charge in [-0.3, -0.25) is 9.59 Å². The van der Waals surface area contributed by atoms with Gasteiger partial charge in [0.05, 0.1) is 31.9 Å². The van der Waals surface area contributed by atoms with Gasteiger partial charge in [0.25, 0.3) is 0 Å². The first-order chi connectivity index (χ1) is 18.5. The molecule has 4 rings (SSSR count). The van der Waals surface area contributed by atoms with Crippen LogP contribution in [0.1, 0.15) is 55.2 Å². The zero-order valence-corrected chi connectivity index (χ0v) is 24.4. The number of nitrogens with zero attached hydrogens (tertiary/aromatic N) is 2. The highest BCUT2D eigenvalue weighted by molar-refractivity contribution is 7.15. The monoisotopic (exact) mass is 558 g/mol. The summed E-state index contributed by atoms with van der Waals surface area (Å²) in [5, 5.41) is 27.9. The molecule has 10 heteroatoms. The van der Waals surface area contributed by atoms with Crippen molar-refractivity contribution >= 4 is 28.3 Å². The molecule has 9 nitrogen and oxygen atoms in total. The van der Waals surface area contributed by atoms with Crippen LogP contribution in [0, 0.1) is 16.7 Å². The van der Waals surface area contributed by atoms with Crippen LogP contribution < -0.4 is 15.4 Å². The van der Waals surface area contributed by atoms with Crippen LogP contribution in [0.5, 0.6) is 5.75 Å². The minimum absolute atomic E-state index is 0.0332. The fourth-order valence-corrected chi connectivity index (χ4v) is 7.55. The molecule has 0 bridgehead atoms. The molecular weight excluding hydrogens is 516 g/mol. The number of benzene rings is 1. The zero-order valence-electron chi connectivity index (χ0n) is 23.6. The van der Waals surface area contributed by atoms with Crippen LogP contribution in [0.15, 0.2) is 24.3 Å². The van der Waals surface area contributed by atoms with Crippen molar-refractivity contribution in [1.82, 2.24) is 15.2 Å². The second-order valence-corrected chi connectivity index (χ2v) is 12.9. The van der Waals surface area contributed by atoms with Crippen molar-refractivity contribution in [2.45, 2.75) is 58.0 Å². The summed E-state index contributed by atoms with van der Waals surface area (Å²) in [7, 11) is 5.54. The summed E-state index contributed by atoms with van der Waals surface area (Å²) in [6.07, 6.45) is 1.81. The van der Waals surface area contributed by atoms with Crippen molar-refractivity contribution in [3.8, 4) is 5.75 Å². The van der Waals surface area contributed by atoms with E-state index in [1.54, 1.807) is 7.11 Å². The summed E-state index contributed by atoms with van der Waals surface area (Å²) in [6, 6.07) is 7.38. The molecule has 1 aromatic carbocycles. The van der Waals surface area contributed by atoms with E-state index >= 15 is 0 Å². The second kappa shape index (κ2) is 11.9. The molecule has 2 aliphatic carbocycles. The Morgan fingerprint density at radius 1 is 1.21 bits per heavy atom. The number of fused-ring (bicyclic) bond motifs is 2. The third-order valence-electron chi connectivity index (χ3n) is 8.93. The number of likely N-dealkylation sites (N-methyl/N-ethyl adjacent to an activating group) is 1. The van der Waals surface area contributed by atoms with Gasteiger partial charge in [-0.15, -0.1) is 11.3 Å². The molecule has 39 heavy (non-hydrogen) atoms. The molecule has 0 radical (unpaired) electrons. The van der Waals surface area contributed by atoms with E-state index in [-0.39, 0.29) is 48.5 Å². The zero-order chi connectivity index (χ0) is 28.4. The largest absolute Gasteiger partial charge is 0.497 e. The third kappa shape index (κ3) is 6.14. The molecule has 1 fully saturated rings. The molecule has 4 N–H and O–H groups in total. The molecular formula is C29H42N4O5S. The highest BCUT2D eigenvalue weighted by atomic mass is 32.1. The Kier molecular flexibility index (Phi) is 9.00. The Labute approximate surface area is 235 Å². The number of thiazole rings is 1. The lowest BCUT2D eigenvalue weighted by Gasteiger charge is -2.58. The van der Waals surface area contributed by atoms with Crippen molar-refractivity contribution in [3.63, 3.8) is 0 Å². The number of rotatable bonds is 10. The van der Waals surface area contributed by atoms with Crippen LogP contribution in [0.4, 0.5) is 5.13 Å². The molecule has 0 spiro atoms. The smallest absolute Gasteiger partial charge is 0.230 e. The van der Waals surface area contributed by atoms with Gasteiger partial charge in [-0.2, -0.15) is 0 Å². The van der Waals surface area contributed by atoms with Crippen LogP contribution in [0.25, 0.3) is 0 Å². The van der Waals surface area contributed by atoms with Crippen molar-refractivity contribution in [3.05, 3.63) is 40.4 Å². The van der Waals surface area contributed by atoms with Gasteiger partial charge in [-0.25, -0.2) is 4.98 Å². The molecule has 2 aliphatic rings. The fourth-order valence-electron chi connectivity index (χ4n) is 6.47. The lowest BCUT2D eigenvalue weighted by Crippen LogP contribution is -2.57. The highest BCUT2D eigenvalue weighted by Gasteiger charge is 2.59. The van der Waals surface area contributed by atoms with E-state index in [4.69, 9.17) is 9.72 Å². The SMILES string of the molecule is COc1ccc(CC(=O)Nc2nc3c(s2)CC2C(C)(CO)C(O)CCC2(C)C3CC(=O)NCCN(C)C)cc1. The maximum atomic E-state index is 13.1. The molecule has 5 unspecified atom stereocenters. The number of carbonyl (C=O) groups is 2. The number of hydrogen-bond acceptors (Lipinski definition) is 8. The average molecular weight is 559 g/mol. The van der Waals surface area contributed by atoms with Gasteiger partial charge in [0.2, 0.25) is 11.8 Å². The van der Waals surface area contributed by atoms with Crippen molar-refractivity contribution in [2.75, 3.05) is 46.2 Å². The Bertz CT molecular complexity index is 1170. The summed E-state index contributed by atoms with van der Waals surface area (Å²) in [4.78, 5) is 33.9. The molecule has 1 saturated carbocycles. The third-order valence-corrected chi connectivity index (χ3v) is 9.94. The van der Waals surface area contributed by atoms with Crippen LogP contribution in [0.2, 0.25) is 0 Å². The van der Waals surface area contributed by atoms with E-state index in [0.29, 0.717) is 24.5 Å². The fraction of sp³-hybridized carbons (Fsp3) is 0.621. The van der Waals surface area contributed by atoms with Gasteiger partial charge in [0.1, 0.15) is 5.75 Å². The lowest BCUT2D eigenvalue weighted by molar-refractivity contribution is -0.144. The molecule has 2 amide bonds. The van der Waals surface area contributed by atoms with Gasteiger partial charge in [0.15, 0.2) is 5.13 Å². The van der Waals surface area contributed by atoms with Crippen molar-refractivity contribution in [1.29, 1.82) is 0 Å². The van der Waals surface area contributed by atoms with Gasteiger partial charge < -0.3 is 30.5 Å². The summed E-state index contributed by atoms with van der Waals surface area (Å²) in [5.74, 6) is 0.313. The number of ether oxygens (including phenoxy) is 1. The molecule has 5 atom stereocenters. The number of hydrogen-bond donors (Lipinski definition) is 4. The molecule has 214 valence electrons. The van der Waals surface area contributed by atoms with E-state index in [1.807, 2.05) is 50.2 Å². The number of anilines is 1. The predicted molar refractivity (Wildman–Crippen MR) is 152 cm³/mol. The molecule has 0 aliphatic heterocycles. The summed E-state index contributed by atoms with van der Waals surface area (Å²) in [5.41, 5.74) is 0.707. The molecule has 1 heterocycles. The molecule has 2 aromatic rings. The lowest BCUT2D eigenvalue weighted by atomic mass is 9.47. The van der Waals surface area contributed by atoms with E-state index < -0.39 is 11.5 Å². The van der Waals surface area contributed by atoms with Crippen LogP contribution in [-0.4, -0.2) is 78.9 Å². The topological polar surface area (TPSA) is 124 Å². The summed E-state index contributed by atoms with van der Waals surface area (Å²) in [6.45, 7) is 5.31. The van der Waals surface area contributed by atoms with Gasteiger partial charge in [-0.1, -0.05) is 26.0 Å². The summed E-state index contributed by atoms with van der Waals surface area (Å²) >= 11 is 1.44. The van der Waals surface area contributed by atoms with Crippen LogP contribution >= 0.6 is 11.3 Å². The second-order valence-electron chi connectivity index (χ2n) is 11.8.